The summed E-state index contributed by atoms with van der Waals surface area (Å²) in [7, 11) is 0. The van der Waals surface area contributed by atoms with E-state index in [0.29, 0.717) is 11.7 Å². The van der Waals surface area contributed by atoms with Crippen LogP contribution in [0.3, 0.4) is 0 Å². The average Bonchev–Trinajstić information content (AvgIpc) is 3.02. The number of carbonyl (C=O) groups excluding carboxylic acids is 1. The third-order valence-corrected chi connectivity index (χ3v) is 5.25. The third kappa shape index (κ3) is 3.78. The van der Waals surface area contributed by atoms with Crippen LogP contribution < -0.4 is 0 Å². The van der Waals surface area contributed by atoms with Crippen LogP contribution >= 0.6 is 11.8 Å². The summed E-state index contributed by atoms with van der Waals surface area (Å²) in [5, 5.41) is 12.7. The molecule has 22 heavy (non-hydrogen) atoms. The average molecular weight is 325 g/mol. The van der Waals surface area contributed by atoms with Gasteiger partial charge in [-0.25, -0.2) is 4.68 Å². The van der Waals surface area contributed by atoms with Gasteiger partial charge in [0, 0.05) is 26.3 Å². The quantitative estimate of drug-likeness (QED) is 0.779. The van der Waals surface area contributed by atoms with Crippen molar-refractivity contribution < 1.29 is 9.53 Å². The van der Waals surface area contributed by atoms with Gasteiger partial charge in [0.1, 0.15) is 0 Å². The zero-order chi connectivity index (χ0) is 15.4. The second-order valence-electron chi connectivity index (χ2n) is 6.13. The third-order valence-electron chi connectivity index (χ3n) is 4.33. The largest absolute Gasteiger partial charge is 0.381 e. The molecule has 1 atom stereocenters. The lowest BCUT2D eigenvalue weighted by Crippen LogP contribution is -2.40. The molecule has 0 radical (unpaired) electrons. The van der Waals surface area contributed by atoms with E-state index in [1.54, 1.807) is 0 Å². The minimum absolute atomic E-state index is 0.193. The highest BCUT2D eigenvalue weighted by Crippen LogP contribution is 2.25. The van der Waals surface area contributed by atoms with Gasteiger partial charge in [0.25, 0.3) is 0 Å². The Labute approximate surface area is 134 Å². The molecule has 0 aliphatic carbocycles. The van der Waals surface area contributed by atoms with Gasteiger partial charge in [0.2, 0.25) is 11.1 Å². The monoisotopic (exact) mass is 325 g/mol. The van der Waals surface area contributed by atoms with Crippen LogP contribution in [0.4, 0.5) is 0 Å². The maximum atomic E-state index is 12.3. The minimum Gasteiger partial charge on any atom is -0.381 e. The second kappa shape index (κ2) is 7.41. The predicted molar refractivity (Wildman–Crippen MR) is 82.6 cm³/mol. The smallest absolute Gasteiger partial charge is 0.233 e. The van der Waals surface area contributed by atoms with Gasteiger partial charge >= 0.3 is 0 Å². The van der Waals surface area contributed by atoms with Crippen LogP contribution in [0.2, 0.25) is 0 Å². The highest BCUT2D eigenvalue weighted by molar-refractivity contribution is 7.99. The SMILES string of the molecule is C[C@H]1CCCN(C(=O)CSc2nnnn2C2CCOCC2)C1. The summed E-state index contributed by atoms with van der Waals surface area (Å²) in [6.45, 7) is 5.47. The fourth-order valence-corrected chi connectivity index (χ4v) is 3.92. The van der Waals surface area contributed by atoms with Crippen LogP contribution in [0, 0.1) is 5.92 Å². The van der Waals surface area contributed by atoms with Gasteiger partial charge in [-0.3, -0.25) is 4.79 Å². The lowest BCUT2D eigenvalue weighted by Gasteiger charge is -2.30. The first-order valence-electron chi connectivity index (χ1n) is 8.00. The summed E-state index contributed by atoms with van der Waals surface area (Å²) in [5.74, 6) is 1.21. The fraction of sp³-hybridized carbons (Fsp3) is 0.857. The molecule has 7 nitrogen and oxygen atoms in total. The van der Waals surface area contributed by atoms with Gasteiger partial charge in [-0.05, 0) is 42.0 Å². The molecule has 0 spiro atoms. The molecule has 3 heterocycles. The number of ether oxygens (including phenoxy) is 1. The number of aromatic nitrogens is 4. The molecule has 122 valence electrons. The second-order valence-corrected chi connectivity index (χ2v) is 7.07. The molecule has 1 amide bonds. The normalized spacial score (nSPS) is 23.7. The lowest BCUT2D eigenvalue weighted by atomic mass is 10.0. The first-order chi connectivity index (χ1) is 10.7. The Bertz CT molecular complexity index is 503. The molecule has 1 aromatic rings. The predicted octanol–water partition coefficient (Wildman–Crippen LogP) is 1.38. The van der Waals surface area contributed by atoms with E-state index in [2.05, 4.69) is 22.4 Å². The molecule has 0 N–H and O–H groups in total. The van der Waals surface area contributed by atoms with E-state index in [9.17, 15) is 4.79 Å². The van der Waals surface area contributed by atoms with E-state index in [0.717, 1.165) is 50.7 Å². The number of hydrogen-bond acceptors (Lipinski definition) is 6. The first kappa shape index (κ1) is 15.7. The zero-order valence-electron chi connectivity index (χ0n) is 13.0. The number of tetrazole rings is 1. The molecule has 0 aromatic carbocycles. The molecule has 2 aliphatic rings. The van der Waals surface area contributed by atoms with E-state index >= 15 is 0 Å². The molecule has 2 saturated heterocycles. The number of hydrogen-bond donors (Lipinski definition) is 0. The number of carbonyl (C=O) groups is 1. The van der Waals surface area contributed by atoms with Gasteiger partial charge in [-0.2, -0.15) is 0 Å². The van der Waals surface area contributed by atoms with Crippen molar-refractivity contribution >= 4 is 17.7 Å². The Kier molecular flexibility index (Phi) is 5.30. The van der Waals surface area contributed by atoms with Crippen LogP contribution in [0.5, 0.6) is 0 Å². The summed E-state index contributed by atoms with van der Waals surface area (Å²) in [6, 6.07) is 0.288. The Morgan fingerprint density at radius 1 is 1.36 bits per heavy atom. The Morgan fingerprint density at radius 2 is 2.18 bits per heavy atom. The van der Waals surface area contributed by atoms with Crippen LogP contribution in [-0.4, -0.2) is 63.1 Å². The number of thioether (sulfide) groups is 1. The highest BCUT2D eigenvalue weighted by atomic mass is 32.2. The summed E-state index contributed by atoms with van der Waals surface area (Å²) in [5.41, 5.74) is 0. The molecule has 2 fully saturated rings. The van der Waals surface area contributed by atoms with E-state index < -0.39 is 0 Å². The van der Waals surface area contributed by atoms with Gasteiger partial charge in [-0.1, -0.05) is 18.7 Å². The Morgan fingerprint density at radius 3 is 2.95 bits per heavy atom. The molecular weight excluding hydrogens is 302 g/mol. The molecular formula is C14H23N5O2S. The van der Waals surface area contributed by atoms with Crippen molar-refractivity contribution in [1.82, 2.24) is 25.1 Å². The van der Waals surface area contributed by atoms with Crippen molar-refractivity contribution in [3.8, 4) is 0 Å². The molecule has 0 bridgehead atoms. The fourth-order valence-electron chi connectivity index (χ4n) is 3.07. The number of amides is 1. The van der Waals surface area contributed by atoms with Gasteiger partial charge in [-0.15, -0.1) is 5.10 Å². The van der Waals surface area contributed by atoms with E-state index in [1.165, 1.54) is 18.2 Å². The molecule has 1 aromatic heterocycles. The minimum atomic E-state index is 0.193. The van der Waals surface area contributed by atoms with Crippen LogP contribution in [0.25, 0.3) is 0 Å². The van der Waals surface area contributed by atoms with Crippen LogP contribution in [0.15, 0.2) is 5.16 Å². The number of nitrogens with zero attached hydrogens (tertiary/aromatic N) is 5. The van der Waals surface area contributed by atoms with Crippen molar-refractivity contribution in [2.75, 3.05) is 32.1 Å². The maximum Gasteiger partial charge on any atom is 0.233 e. The molecule has 0 unspecified atom stereocenters. The highest BCUT2D eigenvalue weighted by Gasteiger charge is 2.24. The topological polar surface area (TPSA) is 73.1 Å². The Hall–Kier alpha value is -1.15. The van der Waals surface area contributed by atoms with Gasteiger partial charge < -0.3 is 9.64 Å². The molecule has 3 rings (SSSR count). The van der Waals surface area contributed by atoms with Crippen molar-refractivity contribution in [1.29, 1.82) is 0 Å². The zero-order valence-corrected chi connectivity index (χ0v) is 13.8. The lowest BCUT2D eigenvalue weighted by molar-refractivity contribution is -0.130. The van der Waals surface area contributed by atoms with E-state index in [4.69, 9.17) is 4.74 Å². The number of piperidine rings is 1. The van der Waals surface area contributed by atoms with Crippen molar-refractivity contribution in [2.45, 2.75) is 43.8 Å². The van der Waals surface area contributed by atoms with Gasteiger partial charge in [0.15, 0.2) is 0 Å². The molecule has 2 aliphatic heterocycles. The molecule has 8 heteroatoms. The van der Waals surface area contributed by atoms with Gasteiger partial charge in [0.05, 0.1) is 11.8 Å². The van der Waals surface area contributed by atoms with E-state index in [1.807, 2.05) is 9.58 Å². The Balaban J connectivity index is 1.55. The first-order valence-corrected chi connectivity index (χ1v) is 8.99. The van der Waals surface area contributed by atoms with Crippen LogP contribution in [0.1, 0.15) is 38.6 Å². The summed E-state index contributed by atoms with van der Waals surface area (Å²) < 4.78 is 7.24. The number of likely N-dealkylation sites (tertiary alicyclic amines) is 1. The van der Waals surface area contributed by atoms with Crippen LogP contribution in [-0.2, 0) is 9.53 Å². The maximum absolute atomic E-state index is 12.3. The van der Waals surface area contributed by atoms with Crippen molar-refractivity contribution in [3.05, 3.63) is 0 Å². The standard InChI is InChI=1S/C14H23N5O2S/c1-11-3-2-6-18(9-11)13(20)10-22-14-15-16-17-19(14)12-4-7-21-8-5-12/h11-12H,2-10H2,1H3/t11-/m0/s1. The van der Waals surface area contributed by atoms with Crippen molar-refractivity contribution in [2.24, 2.45) is 5.92 Å². The van der Waals surface area contributed by atoms with E-state index in [-0.39, 0.29) is 11.9 Å². The number of rotatable bonds is 4. The summed E-state index contributed by atoms with van der Waals surface area (Å²) >= 11 is 1.45. The summed E-state index contributed by atoms with van der Waals surface area (Å²) in [6.07, 6.45) is 4.18. The molecule has 0 saturated carbocycles. The summed E-state index contributed by atoms with van der Waals surface area (Å²) in [4.78, 5) is 14.3. The van der Waals surface area contributed by atoms with Crippen molar-refractivity contribution in [3.63, 3.8) is 0 Å².